The standard InChI is InChI=1S/C17H23N5O2S/c1-11(23)16-20-13-10-19-15-12(4-7-18-15)14(13)22(16)17(2)5-8-21(9-6-17)25(3)24/h4,7,10-11,23H,5-6,8-9H2,1-3H3,(H,18,19). The van der Waals surface area contributed by atoms with E-state index in [1.807, 2.05) is 16.6 Å². The van der Waals surface area contributed by atoms with Gasteiger partial charge in [0.2, 0.25) is 0 Å². The highest BCUT2D eigenvalue weighted by atomic mass is 32.2. The highest BCUT2D eigenvalue weighted by molar-refractivity contribution is 7.81. The SMILES string of the molecule is CC(O)c1nc2cnc3[nH]ccc3c2n1C1(C)CCN(S(C)=O)CC1. The molecule has 0 spiro atoms. The number of hydrogen-bond acceptors (Lipinski definition) is 4. The molecular weight excluding hydrogens is 338 g/mol. The van der Waals surface area contributed by atoms with E-state index in [1.165, 1.54) is 0 Å². The number of hydrogen-bond donors (Lipinski definition) is 2. The molecule has 8 heteroatoms. The Morgan fingerprint density at radius 3 is 2.76 bits per heavy atom. The number of fused-ring (bicyclic) bond motifs is 3. The lowest BCUT2D eigenvalue weighted by Gasteiger charge is -2.40. The first kappa shape index (κ1) is 16.7. The molecule has 0 bridgehead atoms. The largest absolute Gasteiger partial charge is 0.385 e. The van der Waals surface area contributed by atoms with E-state index in [0.717, 1.165) is 48.0 Å². The minimum absolute atomic E-state index is 0.192. The summed E-state index contributed by atoms with van der Waals surface area (Å²) in [5, 5.41) is 11.4. The Hall–Kier alpha value is -1.77. The Morgan fingerprint density at radius 1 is 1.40 bits per heavy atom. The smallest absolute Gasteiger partial charge is 0.139 e. The zero-order valence-electron chi connectivity index (χ0n) is 14.7. The Bertz CT molecular complexity index is 953. The molecule has 4 heterocycles. The average Bonchev–Trinajstić information content (AvgIpc) is 3.19. The molecule has 1 aliphatic rings. The molecule has 1 saturated heterocycles. The number of aliphatic hydroxyl groups is 1. The van der Waals surface area contributed by atoms with Gasteiger partial charge in [-0.25, -0.2) is 18.5 Å². The van der Waals surface area contributed by atoms with Gasteiger partial charge in [-0.1, -0.05) is 0 Å². The Kier molecular flexibility index (Phi) is 3.93. The van der Waals surface area contributed by atoms with Crippen LogP contribution in [0.2, 0.25) is 0 Å². The number of imidazole rings is 1. The highest BCUT2D eigenvalue weighted by Gasteiger charge is 2.37. The van der Waals surface area contributed by atoms with Crippen molar-refractivity contribution in [2.24, 2.45) is 0 Å². The Balaban J connectivity index is 1.92. The van der Waals surface area contributed by atoms with Gasteiger partial charge in [-0.05, 0) is 32.8 Å². The van der Waals surface area contributed by atoms with Gasteiger partial charge in [-0.15, -0.1) is 0 Å². The second-order valence-electron chi connectivity index (χ2n) is 7.06. The molecule has 0 aromatic carbocycles. The number of aliphatic hydroxyl groups excluding tert-OH is 1. The molecule has 1 fully saturated rings. The zero-order chi connectivity index (χ0) is 17.8. The maximum absolute atomic E-state index is 11.8. The molecular formula is C17H23N5O2S. The minimum Gasteiger partial charge on any atom is -0.385 e. The van der Waals surface area contributed by atoms with Crippen molar-refractivity contribution in [3.8, 4) is 0 Å². The van der Waals surface area contributed by atoms with Crippen LogP contribution in [0, 0.1) is 0 Å². The summed E-state index contributed by atoms with van der Waals surface area (Å²) in [6, 6.07) is 2.01. The monoisotopic (exact) mass is 361 g/mol. The van der Waals surface area contributed by atoms with E-state index in [0.29, 0.717) is 5.82 Å². The van der Waals surface area contributed by atoms with E-state index in [2.05, 4.69) is 26.4 Å². The van der Waals surface area contributed by atoms with Crippen LogP contribution in [-0.4, -0.2) is 52.5 Å². The Morgan fingerprint density at radius 2 is 2.12 bits per heavy atom. The van der Waals surface area contributed by atoms with E-state index in [9.17, 15) is 9.32 Å². The normalized spacial score (nSPS) is 21.0. The number of aromatic amines is 1. The van der Waals surface area contributed by atoms with Crippen molar-refractivity contribution in [1.29, 1.82) is 0 Å². The molecule has 3 aromatic rings. The van der Waals surface area contributed by atoms with E-state index in [4.69, 9.17) is 0 Å². The van der Waals surface area contributed by atoms with Crippen LogP contribution in [0.25, 0.3) is 22.1 Å². The maximum atomic E-state index is 11.8. The number of H-pyrrole nitrogens is 1. The van der Waals surface area contributed by atoms with E-state index in [1.54, 1.807) is 19.4 Å². The van der Waals surface area contributed by atoms with E-state index in [-0.39, 0.29) is 5.54 Å². The highest BCUT2D eigenvalue weighted by Crippen LogP contribution is 2.38. The van der Waals surface area contributed by atoms with Crippen LogP contribution in [0.3, 0.4) is 0 Å². The topological polar surface area (TPSA) is 87.0 Å². The molecule has 4 rings (SSSR count). The van der Waals surface area contributed by atoms with Gasteiger partial charge in [-0.3, -0.25) is 0 Å². The van der Waals surface area contributed by atoms with Gasteiger partial charge in [0.25, 0.3) is 0 Å². The third-order valence-electron chi connectivity index (χ3n) is 5.30. The van der Waals surface area contributed by atoms with Crippen molar-refractivity contribution in [3.05, 3.63) is 24.3 Å². The van der Waals surface area contributed by atoms with Crippen LogP contribution in [-0.2, 0) is 16.5 Å². The van der Waals surface area contributed by atoms with Crippen LogP contribution in [0.5, 0.6) is 0 Å². The quantitative estimate of drug-likeness (QED) is 0.748. The third kappa shape index (κ3) is 2.59. The fraction of sp³-hybridized carbons (Fsp3) is 0.529. The van der Waals surface area contributed by atoms with Crippen LogP contribution in [0.15, 0.2) is 18.5 Å². The first-order valence-electron chi connectivity index (χ1n) is 8.52. The predicted octanol–water partition coefficient (Wildman–Crippen LogP) is 2.07. The molecule has 0 saturated carbocycles. The number of pyridine rings is 1. The van der Waals surface area contributed by atoms with Gasteiger partial charge in [0, 0.05) is 36.5 Å². The summed E-state index contributed by atoms with van der Waals surface area (Å²) in [4.78, 5) is 12.3. The van der Waals surface area contributed by atoms with Crippen molar-refractivity contribution in [1.82, 2.24) is 23.8 Å². The van der Waals surface area contributed by atoms with Crippen molar-refractivity contribution < 1.29 is 9.32 Å². The molecule has 0 amide bonds. The fourth-order valence-electron chi connectivity index (χ4n) is 3.86. The number of nitrogens with zero attached hydrogens (tertiary/aromatic N) is 4. The van der Waals surface area contributed by atoms with Gasteiger partial charge < -0.3 is 14.7 Å². The fourth-order valence-corrected chi connectivity index (χ4v) is 4.56. The summed E-state index contributed by atoms with van der Waals surface area (Å²) in [6.07, 6.45) is 6.40. The van der Waals surface area contributed by atoms with Gasteiger partial charge in [0.15, 0.2) is 0 Å². The minimum atomic E-state index is -0.945. The molecule has 2 unspecified atom stereocenters. The lowest BCUT2D eigenvalue weighted by molar-refractivity contribution is 0.145. The first-order valence-corrected chi connectivity index (χ1v) is 10.0. The summed E-state index contributed by atoms with van der Waals surface area (Å²) >= 11 is 0. The Labute approximate surface area is 148 Å². The molecule has 2 N–H and O–H groups in total. The van der Waals surface area contributed by atoms with Gasteiger partial charge >= 0.3 is 0 Å². The number of rotatable bonds is 3. The molecule has 2 atom stereocenters. The van der Waals surface area contributed by atoms with Crippen LogP contribution in [0.4, 0.5) is 0 Å². The summed E-state index contributed by atoms with van der Waals surface area (Å²) in [5.41, 5.74) is 2.44. The lowest BCUT2D eigenvalue weighted by Crippen LogP contribution is -2.45. The lowest BCUT2D eigenvalue weighted by atomic mass is 9.89. The molecule has 0 aliphatic carbocycles. The number of piperidine rings is 1. The summed E-state index contributed by atoms with van der Waals surface area (Å²) in [6.45, 7) is 5.48. The molecule has 1 aliphatic heterocycles. The number of nitrogens with one attached hydrogen (secondary N) is 1. The predicted molar refractivity (Wildman–Crippen MR) is 98.5 cm³/mol. The first-order chi connectivity index (χ1) is 11.9. The van der Waals surface area contributed by atoms with E-state index >= 15 is 0 Å². The van der Waals surface area contributed by atoms with Crippen LogP contribution < -0.4 is 0 Å². The molecule has 25 heavy (non-hydrogen) atoms. The van der Waals surface area contributed by atoms with E-state index < -0.39 is 17.1 Å². The van der Waals surface area contributed by atoms with Crippen molar-refractivity contribution in [2.45, 2.75) is 38.3 Å². The number of aromatic nitrogens is 4. The summed E-state index contributed by atoms with van der Waals surface area (Å²) < 4.78 is 16.0. The maximum Gasteiger partial charge on any atom is 0.139 e. The summed E-state index contributed by atoms with van der Waals surface area (Å²) in [5.74, 6) is 0.666. The van der Waals surface area contributed by atoms with Gasteiger partial charge in [-0.2, -0.15) is 0 Å². The average molecular weight is 361 g/mol. The van der Waals surface area contributed by atoms with Crippen LogP contribution >= 0.6 is 0 Å². The third-order valence-corrected chi connectivity index (χ3v) is 6.40. The second-order valence-corrected chi connectivity index (χ2v) is 8.43. The zero-order valence-corrected chi connectivity index (χ0v) is 15.5. The van der Waals surface area contributed by atoms with Crippen molar-refractivity contribution in [2.75, 3.05) is 19.3 Å². The molecule has 0 radical (unpaired) electrons. The van der Waals surface area contributed by atoms with Crippen molar-refractivity contribution >= 4 is 33.1 Å². The van der Waals surface area contributed by atoms with Crippen LogP contribution in [0.1, 0.15) is 38.6 Å². The van der Waals surface area contributed by atoms with Crippen molar-refractivity contribution in [3.63, 3.8) is 0 Å². The van der Waals surface area contributed by atoms with Gasteiger partial charge in [0.05, 0.1) is 22.7 Å². The van der Waals surface area contributed by atoms with Gasteiger partial charge in [0.1, 0.15) is 23.1 Å². The summed E-state index contributed by atoms with van der Waals surface area (Å²) in [7, 11) is -0.945. The second kappa shape index (κ2) is 5.89. The molecule has 7 nitrogen and oxygen atoms in total. The molecule has 3 aromatic heterocycles. The molecule has 134 valence electrons.